The van der Waals surface area contributed by atoms with E-state index in [1.807, 2.05) is 19.9 Å². The lowest BCUT2D eigenvalue weighted by Gasteiger charge is -2.33. The van der Waals surface area contributed by atoms with E-state index >= 15 is 0 Å². The molecule has 1 aromatic heterocycles. The Kier molecular flexibility index (Phi) is 4.55. The standard InChI is InChI=1S/C18H20F2N2O2/c1-11-8-12(2)24-17(11)18(23)22-7-3-4-14(10-22)21-13-5-6-15(19)16(20)9-13/h5-6,8-9,14,21H,3-4,7,10H2,1-2H3. The van der Waals surface area contributed by atoms with E-state index in [-0.39, 0.29) is 11.9 Å². The number of anilines is 1. The molecule has 1 aliphatic rings. The smallest absolute Gasteiger partial charge is 0.289 e. The van der Waals surface area contributed by atoms with Gasteiger partial charge in [0.25, 0.3) is 5.91 Å². The molecule has 2 heterocycles. The number of hydrogen-bond donors (Lipinski definition) is 1. The lowest BCUT2D eigenvalue weighted by Crippen LogP contribution is -2.45. The summed E-state index contributed by atoms with van der Waals surface area (Å²) >= 11 is 0. The van der Waals surface area contributed by atoms with Crippen LogP contribution in [0.1, 0.15) is 34.7 Å². The predicted molar refractivity (Wildman–Crippen MR) is 87.1 cm³/mol. The molecule has 24 heavy (non-hydrogen) atoms. The number of amides is 1. The Bertz CT molecular complexity index is 757. The predicted octanol–water partition coefficient (Wildman–Crippen LogP) is 3.89. The fourth-order valence-electron chi connectivity index (χ4n) is 3.10. The molecule has 0 aliphatic carbocycles. The van der Waals surface area contributed by atoms with Crippen molar-refractivity contribution in [1.82, 2.24) is 4.90 Å². The minimum absolute atomic E-state index is 0.0103. The number of rotatable bonds is 3. The van der Waals surface area contributed by atoms with Crippen LogP contribution in [0.4, 0.5) is 14.5 Å². The van der Waals surface area contributed by atoms with Crippen LogP contribution in [-0.2, 0) is 0 Å². The molecule has 1 atom stereocenters. The molecule has 0 radical (unpaired) electrons. The third-order valence-electron chi connectivity index (χ3n) is 4.23. The van der Waals surface area contributed by atoms with Crippen LogP contribution in [0.15, 0.2) is 28.7 Å². The van der Waals surface area contributed by atoms with Crippen LogP contribution < -0.4 is 5.32 Å². The highest BCUT2D eigenvalue weighted by molar-refractivity contribution is 5.93. The Balaban J connectivity index is 1.68. The highest BCUT2D eigenvalue weighted by Gasteiger charge is 2.27. The number of hydrogen-bond acceptors (Lipinski definition) is 3. The van der Waals surface area contributed by atoms with Gasteiger partial charge in [0.05, 0.1) is 0 Å². The lowest BCUT2D eigenvalue weighted by molar-refractivity contribution is 0.0680. The topological polar surface area (TPSA) is 45.5 Å². The first-order chi connectivity index (χ1) is 11.4. The van der Waals surface area contributed by atoms with Crippen LogP contribution >= 0.6 is 0 Å². The van der Waals surface area contributed by atoms with Gasteiger partial charge in [0.15, 0.2) is 17.4 Å². The number of likely N-dealkylation sites (tertiary alicyclic amines) is 1. The molecule has 3 rings (SSSR count). The summed E-state index contributed by atoms with van der Waals surface area (Å²) in [5, 5.41) is 3.17. The second-order valence-electron chi connectivity index (χ2n) is 6.23. The summed E-state index contributed by atoms with van der Waals surface area (Å²) in [6, 6.07) is 5.56. The fraction of sp³-hybridized carbons (Fsp3) is 0.389. The molecule has 1 fully saturated rings. The average molecular weight is 334 g/mol. The average Bonchev–Trinajstić information content (AvgIpc) is 2.89. The zero-order chi connectivity index (χ0) is 17.3. The summed E-state index contributed by atoms with van der Waals surface area (Å²) < 4.78 is 31.8. The Labute approximate surface area is 139 Å². The first-order valence-corrected chi connectivity index (χ1v) is 8.02. The normalized spacial score (nSPS) is 17.8. The van der Waals surface area contributed by atoms with Crippen molar-refractivity contribution >= 4 is 11.6 Å². The monoisotopic (exact) mass is 334 g/mol. The van der Waals surface area contributed by atoms with E-state index in [1.165, 1.54) is 6.07 Å². The maximum Gasteiger partial charge on any atom is 0.289 e. The van der Waals surface area contributed by atoms with Crippen molar-refractivity contribution in [3.63, 3.8) is 0 Å². The van der Waals surface area contributed by atoms with Crippen molar-refractivity contribution in [2.24, 2.45) is 0 Å². The number of piperidine rings is 1. The van der Waals surface area contributed by atoms with E-state index < -0.39 is 11.6 Å². The molecule has 6 heteroatoms. The van der Waals surface area contributed by atoms with Crippen molar-refractivity contribution in [2.45, 2.75) is 32.7 Å². The van der Waals surface area contributed by atoms with Gasteiger partial charge in [0, 0.05) is 36.4 Å². The van der Waals surface area contributed by atoms with Crippen molar-refractivity contribution in [3.8, 4) is 0 Å². The molecule has 4 nitrogen and oxygen atoms in total. The van der Waals surface area contributed by atoms with Crippen molar-refractivity contribution < 1.29 is 18.0 Å². The molecule has 128 valence electrons. The molecule has 1 N–H and O–H groups in total. The molecule has 1 aliphatic heterocycles. The highest BCUT2D eigenvalue weighted by atomic mass is 19.2. The number of aryl methyl sites for hydroxylation is 2. The molecule has 1 aromatic carbocycles. The number of carbonyl (C=O) groups excluding carboxylic acids is 1. The van der Waals surface area contributed by atoms with Crippen LogP contribution in [0.3, 0.4) is 0 Å². The number of benzene rings is 1. The molecular formula is C18H20F2N2O2. The van der Waals surface area contributed by atoms with Crippen LogP contribution in [0.2, 0.25) is 0 Å². The first-order valence-electron chi connectivity index (χ1n) is 8.02. The van der Waals surface area contributed by atoms with Gasteiger partial charge in [-0.15, -0.1) is 0 Å². The summed E-state index contributed by atoms with van der Waals surface area (Å²) in [6.07, 6.45) is 1.70. The van der Waals surface area contributed by atoms with Gasteiger partial charge >= 0.3 is 0 Å². The molecular weight excluding hydrogens is 314 g/mol. The summed E-state index contributed by atoms with van der Waals surface area (Å²) in [5.41, 5.74) is 1.34. The van der Waals surface area contributed by atoms with E-state index in [1.54, 1.807) is 4.90 Å². The Hall–Kier alpha value is -2.37. The molecule has 1 saturated heterocycles. The van der Waals surface area contributed by atoms with Crippen LogP contribution in [0.5, 0.6) is 0 Å². The Morgan fingerprint density at radius 2 is 2.04 bits per heavy atom. The van der Waals surface area contributed by atoms with Crippen molar-refractivity contribution in [3.05, 3.63) is 53.0 Å². The summed E-state index contributed by atoms with van der Waals surface area (Å²) in [6.45, 7) is 4.82. The van der Waals surface area contributed by atoms with Crippen molar-refractivity contribution in [1.29, 1.82) is 0 Å². The molecule has 2 aromatic rings. The van der Waals surface area contributed by atoms with Gasteiger partial charge in [-0.05, 0) is 44.9 Å². The maximum atomic E-state index is 13.3. The van der Waals surface area contributed by atoms with Gasteiger partial charge in [-0.1, -0.05) is 0 Å². The van der Waals surface area contributed by atoms with Gasteiger partial charge in [0.1, 0.15) is 5.76 Å². The van der Waals surface area contributed by atoms with E-state index in [4.69, 9.17) is 4.42 Å². The quantitative estimate of drug-likeness (QED) is 0.926. The summed E-state index contributed by atoms with van der Waals surface area (Å²) in [4.78, 5) is 14.4. The lowest BCUT2D eigenvalue weighted by atomic mass is 10.0. The molecule has 1 amide bonds. The molecule has 0 spiro atoms. The Morgan fingerprint density at radius 1 is 1.25 bits per heavy atom. The highest BCUT2D eigenvalue weighted by Crippen LogP contribution is 2.22. The second kappa shape index (κ2) is 6.63. The van der Waals surface area contributed by atoms with Gasteiger partial charge in [-0.3, -0.25) is 4.79 Å². The van der Waals surface area contributed by atoms with Crippen LogP contribution in [0.25, 0.3) is 0 Å². The fourth-order valence-corrected chi connectivity index (χ4v) is 3.10. The Morgan fingerprint density at radius 3 is 2.71 bits per heavy atom. The number of halogens is 2. The third kappa shape index (κ3) is 3.42. The van der Waals surface area contributed by atoms with Gasteiger partial charge in [-0.2, -0.15) is 0 Å². The first kappa shape index (κ1) is 16.5. The van der Waals surface area contributed by atoms with E-state index in [2.05, 4.69) is 5.32 Å². The number of nitrogens with one attached hydrogen (secondary N) is 1. The molecule has 1 unspecified atom stereocenters. The van der Waals surface area contributed by atoms with E-state index in [0.29, 0.717) is 30.3 Å². The zero-order valence-corrected chi connectivity index (χ0v) is 13.7. The van der Waals surface area contributed by atoms with Crippen LogP contribution in [-0.4, -0.2) is 29.9 Å². The number of furan rings is 1. The van der Waals surface area contributed by atoms with Crippen LogP contribution in [0, 0.1) is 25.5 Å². The molecule has 0 bridgehead atoms. The van der Waals surface area contributed by atoms with Crippen molar-refractivity contribution in [2.75, 3.05) is 18.4 Å². The van der Waals surface area contributed by atoms with E-state index in [9.17, 15) is 13.6 Å². The number of nitrogens with zero attached hydrogens (tertiary/aromatic N) is 1. The van der Waals surface area contributed by atoms with Gasteiger partial charge in [0.2, 0.25) is 0 Å². The summed E-state index contributed by atoms with van der Waals surface area (Å²) in [5.74, 6) is -0.794. The minimum atomic E-state index is -0.884. The maximum absolute atomic E-state index is 13.3. The zero-order valence-electron chi connectivity index (χ0n) is 13.7. The molecule has 0 saturated carbocycles. The largest absolute Gasteiger partial charge is 0.456 e. The SMILES string of the molecule is Cc1cc(C)c(C(=O)N2CCCC(Nc3ccc(F)c(F)c3)C2)o1. The number of carbonyl (C=O) groups is 1. The van der Waals surface area contributed by atoms with Gasteiger partial charge < -0.3 is 14.6 Å². The van der Waals surface area contributed by atoms with Gasteiger partial charge in [-0.25, -0.2) is 8.78 Å². The van der Waals surface area contributed by atoms with E-state index in [0.717, 1.165) is 30.5 Å². The minimum Gasteiger partial charge on any atom is -0.456 e. The summed E-state index contributed by atoms with van der Waals surface area (Å²) in [7, 11) is 0. The third-order valence-corrected chi connectivity index (χ3v) is 4.23. The second-order valence-corrected chi connectivity index (χ2v) is 6.23.